The van der Waals surface area contributed by atoms with Crippen LogP contribution in [0.15, 0.2) is 18.2 Å². The lowest BCUT2D eigenvalue weighted by Gasteiger charge is -2.47. The van der Waals surface area contributed by atoms with Crippen LogP contribution in [0.5, 0.6) is 11.5 Å². The monoisotopic (exact) mass is 518 g/mol. The van der Waals surface area contributed by atoms with Gasteiger partial charge in [-0.3, -0.25) is 14.6 Å². The summed E-state index contributed by atoms with van der Waals surface area (Å²) in [4.78, 5) is 40.1. The molecule has 2 atom stereocenters. The van der Waals surface area contributed by atoms with Gasteiger partial charge in [0, 0.05) is 18.5 Å². The second-order valence-corrected chi connectivity index (χ2v) is 11.5. The Morgan fingerprint density at radius 3 is 2.30 bits per heavy atom. The maximum Gasteiger partial charge on any atom is 0.408 e. The van der Waals surface area contributed by atoms with Gasteiger partial charge in [0.2, 0.25) is 11.8 Å². The van der Waals surface area contributed by atoms with Crippen LogP contribution in [0.2, 0.25) is 0 Å². The van der Waals surface area contributed by atoms with Crippen molar-refractivity contribution in [2.45, 2.75) is 84.5 Å². The molecule has 0 bridgehead atoms. The molecule has 10 nitrogen and oxygen atoms in total. The fraction of sp³-hybridized carbons (Fsp3) is 0.667. The van der Waals surface area contributed by atoms with Crippen molar-refractivity contribution in [3.05, 3.63) is 23.8 Å². The van der Waals surface area contributed by atoms with Gasteiger partial charge in [-0.15, -0.1) is 0 Å². The van der Waals surface area contributed by atoms with Crippen LogP contribution in [0.25, 0.3) is 0 Å². The molecule has 2 aliphatic rings. The van der Waals surface area contributed by atoms with Crippen molar-refractivity contribution < 1.29 is 28.6 Å². The van der Waals surface area contributed by atoms with Gasteiger partial charge >= 0.3 is 6.09 Å². The van der Waals surface area contributed by atoms with Crippen LogP contribution in [0.3, 0.4) is 0 Å². The van der Waals surface area contributed by atoms with E-state index in [0.717, 1.165) is 5.56 Å². The largest absolute Gasteiger partial charge is 0.493 e. The molecule has 3 rings (SSSR count). The summed E-state index contributed by atoms with van der Waals surface area (Å²) in [5.74, 6) is 1.19. The summed E-state index contributed by atoms with van der Waals surface area (Å²) in [5, 5.41) is 4.39. The molecule has 0 radical (unpaired) electrons. The lowest BCUT2D eigenvalue weighted by atomic mass is 9.80. The highest BCUT2D eigenvalue weighted by Gasteiger charge is 2.44. The fourth-order valence-corrected chi connectivity index (χ4v) is 4.89. The summed E-state index contributed by atoms with van der Waals surface area (Å²) in [5.41, 5.74) is 3.28. The predicted octanol–water partition coefficient (Wildman–Crippen LogP) is 3.41. The Kier molecular flexibility index (Phi) is 8.62. The second-order valence-electron chi connectivity index (χ2n) is 11.5. The molecule has 1 aromatic rings. The van der Waals surface area contributed by atoms with Crippen molar-refractivity contribution in [2.75, 3.05) is 27.3 Å². The Balaban J connectivity index is 1.65. The van der Waals surface area contributed by atoms with E-state index < -0.39 is 23.2 Å². The van der Waals surface area contributed by atoms with Gasteiger partial charge in [0.05, 0.1) is 26.3 Å². The first-order valence-corrected chi connectivity index (χ1v) is 12.9. The molecule has 2 N–H and O–H groups in total. The zero-order valence-electron chi connectivity index (χ0n) is 23.3. The maximum atomic E-state index is 13.4. The molecule has 0 saturated carbocycles. The third-order valence-electron chi connectivity index (χ3n) is 6.86. The minimum absolute atomic E-state index is 0.0482. The van der Waals surface area contributed by atoms with Gasteiger partial charge in [-0.25, -0.2) is 10.2 Å². The number of hydrogen-bond donors (Lipinski definition) is 2. The summed E-state index contributed by atoms with van der Waals surface area (Å²) in [6.07, 6.45) is 1.30. The highest BCUT2D eigenvalue weighted by molar-refractivity contribution is 5.85. The van der Waals surface area contributed by atoms with Gasteiger partial charge in [-0.05, 0) is 64.7 Å². The number of methoxy groups -OCH3 is 2. The Morgan fingerprint density at radius 2 is 1.73 bits per heavy atom. The molecule has 3 amide bonds. The predicted molar refractivity (Wildman–Crippen MR) is 139 cm³/mol. The van der Waals surface area contributed by atoms with Crippen LogP contribution in [-0.4, -0.2) is 72.8 Å². The number of rotatable bonds is 6. The maximum absolute atomic E-state index is 13.4. The van der Waals surface area contributed by atoms with E-state index in [0.29, 0.717) is 43.9 Å². The number of amides is 3. The smallest absolute Gasteiger partial charge is 0.408 e. The number of alkyl carbamates (subject to hydrolysis) is 1. The summed E-state index contributed by atoms with van der Waals surface area (Å²) in [6, 6.07) is 4.98. The van der Waals surface area contributed by atoms with Crippen molar-refractivity contribution in [1.29, 1.82) is 0 Å². The minimum Gasteiger partial charge on any atom is -0.493 e. The highest BCUT2D eigenvalue weighted by atomic mass is 16.6. The number of carbonyl (C=O) groups is 3. The van der Waals surface area contributed by atoms with E-state index in [1.165, 1.54) is 0 Å². The number of nitrogens with zero attached hydrogens (tertiary/aromatic N) is 2. The van der Waals surface area contributed by atoms with Gasteiger partial charge in [0.15, 0.2) is 11.5 Å². The van der Waals surface area contributed by atoms with Crippen LogP contribution in [0, 0.1) is 5.41 Å². The third kappa shape index (κ3) is 6.85. The molecular formula is C27H42N4O6. The Morgan fingerprint density at radius 1 is 1.11 bits per heavy atom. The molecule has 2 aliphatic heterocycles. The molecule has 0 aliphatic carbocycles. The van der Waals surface area contributed by atoms with Crippen molar-refractivity contribution in [1.82, 2.24) is 20.7 Å². The lowest BCUT2D eigenvalue weighted by Crippen LogP contribution is -2.62. The number of carbonyl (C=O) groups excluding carboxylic acids is 3. The Labute approximate surface area is 219 Å². The van der Waals surface area contributed by atoms with Gasteiger partial charge in [-0.1, -0.05) is 19.9 Å². The standard InChI is InChI=1S/C27H42N4O6/c1-17(28-25(34)37-26(2,3)4)23(32)30-13-11-19(12-14-30)31-24(33)27(5,6)16-20(29-31)18-9-10-21(35-7)22(15-18)36-8/h9-10,15,17,19-20,29H,11-14,16H2,1-8H3,(H,28,34)/t17-,20?/m1/s1. The zero-order valence-corrected chi connectivity index (χ0v) is 23.3. The molecule has 37 heavy (non-hydrogen) atoms. The average Bonchev–Trinajstić information content (AvgIpc) is 2.83. The van der Waals surface area contributed by atoms with Crippen molar-refractivity contribution >= 4 is 17.9 Å². The van der Waals surface area contributed by atoms with E-state index in [9.17, 15) is 14.4 Å². The van der Waals surface area contributed by atoms with E-state index in [4.69, 9.17) is 14.2 Å². The van der Waals surface area contributed by atoms with Crippen LogP contribution >= 0.6 is 0 Å². The number of nitrogens with one attached hydrogen (secondary N) is 2. The van der Waals surface area contributed by atoms with E-state index in [1.807, 2.05) is 32.0 Å². The minimum atomic E-state index is -0.700. The second kappa shape index (κ2) is 11.2. The third-order valence-corrected chi connectivity index (χ3v) is 6.86. The van der Waals surface area contributed by atoms with Crippen LogP contribution in [0.1, 0.15) is 72.4 Å². The molecule has 2 fully saturated rings. The average molecular weight is 519 g/mol. The number of benzene rings is 1. The number of hydrogen-bond acceptors (Lipinski definition) is 7. The van der Waals surface area contributed by atoms with Crippen LogP contribution < -0.4 is 20.2 Å². The molecule has 2 saturated heterocycles. The number of piperidine rings is 1. The molecule has 10 heteroatoms. The van der Waals surface area contributed by atoms with E-state index >= 15 is 0 Å². The normalized spacial score (nSPS) is 21.3. The lowest BCUT2D eigenvalue weighted by molar-refractivity contribution is -0.157. The van der Waals surface area contributed by atoms with Gasteiger partial charge in [0.1, 0.15) is 11.6 Å². The van der Waals surface area contributed by atoms with Gasteiger partial charge < -0.3 is 24.4 Å². The molecule has 206 valence electrons. The molecule has 1 unspecified atom stereocenters. The highest BCUT2D eigenvalue weighted by Crippen LogP contribution is 2.40. The number of hydrazine groups is 1. The first-order chi connectivity index (χ1) is 17.3. The van der Waals surface area contributed by atoms with Crippen molar-refractivity contribution in [2.24, 2.45) is 5.41 Å². The number of likely N-dealkylation sites (tertiary alicyclic amines) is 1. The Hall–Kier alpha value is -3.01. The number of ether oxygens (including phenoxy) is 3. The molecule has 0 aromatic heterocycles. The topological polar surface area (TPSA) is 109 Å². The molecule has 1 aromatic carbocycles. The van der Waals surface area contributed by atoms with Crippen molar-refractivity contribution in [3.8, 4) is 11.5 Å². The SMILES string of the molecule is COc1ccc(C2CC(C)(C)C(=O)N(C3CCN(C(=O)[C@@H](C)NC(=O)OC(C)(C)C)CC3)N2)cc1OC. The summed E-state index contributed by atoms with van der Waals surface area (Å²) >= 11 is 0. The molecular weight excluding hydrogens is 476 g/mol. The van der Waals surface area contributed by atoms with E-state index in [-0.39, 0.29) is 23.9 Å². The molecule has 2 heterocycles. The van der Waals surface area contributed by atoms with Gasteiger partial charge in [0.25, 0.3) is 0 Å². The first-order valence-electron chi connectivity index (χ1n) is 12.9. The first kappa shape index (κ1) is 28.6. The quantitative estimate of drug-likeness (QED) is 0.594. The van der Waals surface area contributed by atoms with Crippen LogP contribution in [0.4, 0.5) is 4.79 Å². The molecule has 0 spiro atoms. The summed E-state index contributed by atoms with van der Waals surface area (Å²) in [6.45, 7) is 11.9. The van der Waals surface area contributed by atoms with Gasteiger partial charge in [-0.2, -0.15) is 0 Å². The summed E-state index contributed by atoms with van der Waals surface area (Å²) < 4.78 is 16.1. The van der Waals surface area contributed by atoms with E-state index in [1.54, 1.807) is 51.8 Å². The van der Waals surface area contributed by atoms with E-state index in [2.05, 4.69) is 10.7 Å². The zero-order chi connectivity index (χ0) is 27.5. The van der Waals surface area contributed by atoms with Crippen LogP contribution in [-0.2, 0) is 14.3 Å². The Bertz CT molecular complexity index is 997. The summed E-state index contributed by atoms with van der Waals surface area (Å²) in [7, 11) is 3.21. The fourth-order valence-electron chi connectivity index (χ4n) is 4.89. The van der Waals surface area contributed by atoms with Crippen molar-refractivity contribution in [3.63, 3.8) is 0 Å².